The summed E-state index contributed by atoms with van der Waals surface area (Å²) < 4.78 is 27.9. The lowest BCUT2D eigenvalue weighted by molar-refractivity contribution is -0.127. The van der Waals surface area contributed by atoms with Crippen molar-refractivity contribution in [2.24, 2.45) is 0 Å². The molecule has 0 aliphatic carbocycles. The summed E-state index contributed by atoms with van der Waals surface area (Å²) >= 11 is 0. The zero-order chi connectivity index (χ0) is 21.2. The first kappa shape index (κ1) is 25.0. The smallest absolute Gasteiger partial charge is 0.333 e. The van der Waals surface area contributed by atoms with Crippen molar-refractivity contribution < 1.29 is 22.4 Å². The van der Waals surface area contributed by atoms with Gasteiger partial charge in [0.15, 0.2) is 6.11 Å². The molecule has 0 aromatic heterocycles. The third-order valence-corrected chi connectivity index (χ3v) is 5.42. The minimum Gasteiger partial charge on any atom is -0.356 e. The van der Waals surface area contributed by atoms with Gasteiger partial charge in [0.25, 0.3) is 0 Å². The zero-order valence-electron chi connectivity index (χ0n) is 17.3. The van der Waals surface area contributed by atoms with Crippen LogP contribution in [0.2, 0.25) is 0 Å². The molecule has 0 saturated carbocycles. The number of rotatable bonds is 15. The van der Waals surface area contributed by atoms with Crippen LogP contribution < -0.4 is 5.32 Å². The van der Waals surface area contributed by atoms with Crippen LogP contribution in [0.5, 0.6) is 0 Å². The zero-order valence-corrected chi connectivity index (χ0v) is 18.1. The Morgan fingerprint density at radius 2 is 1.66 bits per heavy atom. The fourth-order valence-corrected chi connectivity index (χ4v) is 3.36. The first-order chi connectivity index (χ1) is 14.1. The molecule has 0 bridgehead atoms. The Labute approximate surface area is 175 Å². The normalized spacial score (nSPS) is 10.8. The van der Waals surface area contributed by atoms with E-state index in [0.29, 0.717) is 19.4 Å². The van der Waals surface area contributed by atoms with E-state index in [0.717, 1.165) is 25.7 Å². The number of unbranched alkanes of at least 4 members (excludes halogenated alkanes) is 8. The Bertz CT molecular complexity index is 723. The van der Waals surface area contributed by atoms with Gasteiger partial charge < -0.3 is 5.32 Å². The second-order valence-electron chi connectivity index (χ2n) is 6.88. The van der Waals surface area contributed by atoms with Crippen LogP contribution in [0, 0.1) is 12.0 Å². The lowest BCUT2D eigenvalue weighted by Crippen LogP contribution is -2.23. The van der Waals surface area contributed by atoms with Gasteiger partial charge in [-0.05, 0) is 35.7 Å². The van der Waals surface area contributed by atoms with Crippen molar-refractivity contribution in [3.63, 3.8) is 0 Å². The molecule has 0 fully saturated rings. The van der Waals surface area contributed by atoms with Crippen LogP contribution in [0.15, 0.2) is 35.2 Å². The van der Waals surface area contributed by atoms with E-state index >= 15 is 0 Å². The number of carbonyl (C=O) groups is 1. The molecule has 162 valence electrons. The van der Waals surface area contributed by atoms with Crippen molar-refractivity contribution in [2.45, 2.75) is 82.4 Å². The molecule has 1 amide bonds. The second-order valence-corrected chi connectivity index (χ2v) is 8.39. The van der Waals surface area contributed by atoms with Crippen LogP contribution in [0.3, 0.4) is 0 Å². The monoisotopic (exact) mass is 423 g/mol. The molecule has 0 heterocycles. The molecule has 1 rings (SSSR count). The predicted octanol–water partition coefficient (Wildman–Crippen LogP) is 4.71. The maximum absolute atomic E-state index is 11.8. The van der Waals surface area contributed by atoms with Gasteiger partial charge in [-0.1, -0.05) is 69.6 Å². The summed E-state index contributed by atoms with van der Waals surface area (Å²) in [4.78, 5) is 16.2. The van der Waals surface area contributed by atoms with E-state index in [-0.39, 0.29) is 10.8 Å². The van der Waals surface area contributed by atoms with Crippen LogP contribution in [-0.2, 0) is 24.1 Å². The number of nitrogens with one attached hydrogen (secondary N) is 1. The highest BCUT2D eigenvalue weighted by molar-refractivity contribution is 7.86. The van der Waals surface area contributed by atoms with Crippen molar-refractivity contribution in [3.8, 4) is 12.0 Å². The standard InChI is InChI=1S/C22H33NO5S/c1-2-3-4-5-6-7-13-18-22(24)23-19-14-8-9-15-20-27-28-29(25,26)21-16-11-10-12-17-21/h10-12,16-17H,2-9,13-14,18-19H2,1H3,(H,23,24). The molecule has 0 saturated heterocycles. The Hall–Kier alpha value is -2.04. The van der Waals surface area contributed by atoms with Crippen molar-refractivity contribution >= 4 is 16.0 Å². The summed E-state index contributed by atoms with van der Waals surface area (Å²) in [6, 6.07) is 7.71. The van der Waals surface area contributed by atoms with E-state index in [4.69, 9.17) is 0 Å². The van der Waals surface area contributed by atoms with Gasteiger partial charge in [-0.15, -0.1) is 0 Å². The minimum atomic E-state index is -3.96. The summed E-state index contributed by atoms with van der Waals surface area (Å²) in [5.41, 5.74) is 0. The van der Waals surface area contributed by atoms with Gasteiger partial charge in [-0.2, -0.15) is 8.42 Å². The molecule has 0 aliphatic rings. The fraction of sp³-hybridized carbons (Fsp3) is 0.591. The van der Waals surface area contributed by atoms with Gasteiger partial charge in [0.05, 0.1) is 4.90 Å². The number of hydrogen-bond donors (Lipinski definition) is 1. The van der Waals surface area contributed by atoms with E-state index in [1.54, 1.807) is 18.2 Å². The number of hydrogen-bond acceptors (Lipinski definition) is 5. The molecule has 1 aromatic carbocycles. The van der Waals surface area contributed by atoms with Crippen LogP contribution in [0.1, 0.15) is 77.6 Å². The molecule has 6 nitrogen and oxygen atoms in total. The molecule has 0 radical (unpaired) electrons. The third-order valence-electron chi connectivity index (χ3n) is 4.33. The van der Waals surface area contributed by atoms with Gasteiger partial charge >= 0.3 is 10.1 Å². The SMILES string of the molecule is CCCCCCCCCC(=O)NCCCCC#COOS(=O)(=O)c1ccccc1. The van der Waals surface area contributed by atoms with Crippen LogP contribution >= 0.6 is 0 Å². The average Bonchev–Trinajstić information content (AvgIpc) is 2.72. The summed E-state index contributed by atoms with van der Waals surface area (Å²) in [5, 5.41) is 2.91. The summed E-state index contributed by atoms with van der Waals surface area (Å²) in [7, 11) is -3.96. The minimum absolute atomic E-state index is 0.00837. The quantitative estimate of drug-likeness (QED) is 0.191. The molecular weight excluding hydrogens is 390 g/mol. The van der Waals surface area contributed by atoms with E-state index in [1.807, 2.05) is 0 Å². The molecule has 0 unspecified atom stereocenters. The number of amides is 1. The highest BCUT2D eigenvalue weighted by Gasteiger charge is 2.15. The maximum Gasteiger partial charge on any atom is 0.333 e. The van der Waals surface area contributed by atoms with Crippen LogP contribution in [0.4, 0.5) is 0 Å². The first-order valence-corrected chi connectivity index (χ1v) is 11.9. The van der Waals surface area contributed by atoms with Gasteiger partial charge in [0.2, 0.25) is 5.91 Å². The van der Waals surface area contributed by atoms with E-state index < -0.39 is 10.1 Å². The lowest BCUT2D eigenvalue weighted by atomic mass is 10.1. The van der Waals surface area contributed by atoms with Gasteiger partial charge in [0.1, 0.15) is 0 Å². The second kappa shape index (κ2) is 15.8. The van der Waals surface area contributed by atoms with Gasteiger partial charge in [-0.3, -0.25) is 9.68 Å². The Morgan fingerprint density at radius 1 is 0.966 bits per heavy atom. The van der Waals surface area contributed by atoms with E-state index in [9.17, 15) is 13.2 Å². The highest BCUT2D eigenvalue weighted by Crippen LogP contribution is 2.11. The molecule has 1 N–H and O–H groups in total. The summed E-state index contributed by atoms with van der Waals surface area (Å²) in [5.74, 6) is 2.79. The first-order valence-electron chi connectivity index (χ1n) is 10.5. The maximum atomic E-state index is 11.8. The molecule has 1 aromatic rings. The van der Waals surface area contributed by atoms with Crippen LogP contribution in [0.25, 0.3) is 0 Å². The summed E-state index contributed by atoms with van der Waals surface area (Å²) in [6.07, 6.45) is 13.3. The molecule has 29 heavy (non-hydrogen) atoms. The summed E-state index contributed by atoms with van der Waals surface area (Å²) in [6.45, 7) is 2.83. The Morgan fingerprint density at radius 3 is 2.38 bits per heavy atom. The molecule has 7 heteroatoms. The highest BCUT2D eigenvalue weighted by atomic mass is 32.2. The number of benzene rings is 1. The largest absolute Gasteiger partial charge is 0.356 e. The van der Waals surface area contributed by atoms with Crippen molar-refractivity contribution in [2.75, 3.05) is 6.54 Å². The Balaban J connectivity index is 1.99. The van der Waals surface area contributed by atoms with Crippen molar-refractivity contribution in [3.05, 3.63) is 30.3 Å². The average molecular weight is 424 g/mol. The fourth-order valence-electron chi connectivity index (χ4n) is 2.67. The molecule has 0 aliphatic heterocycles. The van der Waals surface area contributed by atoms with Crippen molar-refractivity contribution in [1.29, 1.82) is 0 Å². The van der Waals surface area contributed by atoms with E-state index in [1.165, 1.54) is 44.2 Å². The topological polar surface area (TPSA) is 81.7 Å². The van der Waals surface area contributed by atoms with E-state index in [2.05, 4.69) is 33.5 Å². The number of carbonyl (C=O) groups excluding carboxylic acids is 1. The van der Waals surface area contributed by atoms with Crippen LogP contribution in [-0.4, -0.2) is 20.9 Å². The van der Waals surface area contributed by atoms with Crippen molar-refractivity contribution in [1.82, 2.24) is 5.32 Å². The third kappa shape index (κ3) is 12.9. The van der Waals surface area contributed by atoms with Gasteiger partial charge in [-0.25, -0.2) is 0 Å². The predicted molar refractivity (Wildman–Crippen MR) is 113 cm³/mol. The lowest BCUT2D eigenvalue weighted by Gasteiger charge is -2.04. The Kier molecular flexibility index (Phi) is 13.6. The van der Waals surface area contributed by atoms with Gasteiger partial charge in [0, 0.05) is 19.4 Å². The molecular formula is C22H33NO5S. The molecule has 0 spiro atoms. The molecule has 0 atom stereocenters.